The SMILES string of the molecule is CCN1CCC(N2C(=O)COCC2C(=O)O)C1. The highest BCUT2D eigenvalue weighted by Crippen LogP contribution is 2.21. The van der Waals surface area contributed by atoms with Crippen LogP contribution in [0.3, 0.4) is 0 Å². The molecule has 2 unspecified atom stereocenters. The standard InChI is InChI=1S/C11H18N2O4/c1-2-12-4-3-8(5-12)13-9(11(15)16)6-17-7-10(13)14/h8-9H,2-7H2,1H3,(H,15,16). The molecular weight excluding hydrogens is 224 g/mol. The first-order chi connectivity index (χ1) is 8.13. The van der Waals surface area contributed by atoms with E-state index in [1.54, 1.807) is 0 Å². The van der Waals surface area contributed by atoms with Crippen molar-refractivity contribution < 1.29 is 19.4 Å². The number of rotatable bonds is 3. The van der Waals surface area contributed by atoms with Gasteiger partial charge in [-0.2, -0.15) is 0 Å². The number of likely N-dealkylation sites (tertiary alicyclic amines) is 1. The number of aliphatic carboxylic acids is 1. The summed E-state index contributed by atoms with van der Waals surface area (Å²) in [5, 5.41) is 9.12. The zero-order chi connectivity index (χ0) is 12.4. The third-order valence-electron chi connectivity index (χ3n) is 3.50. The molecular formula is C11H18N2O4. The fourth-order valence-corrected chi connectivity index (χ4v) is 2.56. The van der Waals surface area contributed by atoms with Gasteiger partial charge in [-0.15, -0.1) is 0 Å². The Hall–Kier alpha value is -1.14. The van der Waals surface area contributed by atoms with Crippen molar-refractivity contribution in [2.24, 2.45) is 0 Å². The quantitative estimate of drug-likeness (QED) is 0.715. The van der Waals surface area contributed by atoms with Crippen molar-refractivity contribution in [3.05, 3.63) is 0 Å². The van der Waals surface area contributed by atoms with E-state index < -0.39 is 12.0 Å². The van der Waals surface area contributed by atoms with Crippen molar-refractivity contribution in [3.63, 3.8) is 0 Å². The van der Waals surface area contributed by atoms with Crippen LogP contribution < -0.4 is 0 Å². The summed E-state index contributed by atoms with van der Waals surface area (Å²) in [6, 6.07) is -0.800. The molecule has 17 heavy (non-hydrogen) atoms. The van der Waals surface area contributed by atoms with Gasteiger partial charge >= 0.3 is 5.97 Å². The second-order valence-corrected chi connectivity index (χ2v) is 4.51. The zero-order valence-corrected chi connectivity index (χ0v) is 9.96. The van der Waals surface area contributed by atoms with Gasteiger partial charge in [-0.25, -0.2) is 4.79 Å². The third-order valence-corrected chi connectivity index (χ3v) is 3.50. The van der Waals surface area contributed by atoms with Crippen LogP contribution in [0.4, 0.5) is 0 Å². The van der Waals surface area contributed by atoms with E-state index in [1.165, 1.54) is 4.90 Å². The van der Waals surface area contributed by atoms with Crippen molar-refractivity contribution in [3.8, 4) is 0 Å². The summed E-state index contributed by atoms with van der Waals surface area (Å²) < 4.78 is 5.01. The van der Waals surface area contributed by atoms with E-state index in [0.717, 1.165) is 26.1 Å². The van der Waals surface area contributed by atoms with Crippen LogP contribution in [0, 0.1) is 0 Å². The van der Waals surface area contributed by atoms with E-state index in [0.29, 0.717) is 0 Å². The van der Waals surface area contributed by atoms with Gasteiger partial charge in [0.25, 0.3) is 0 Å². The van der Waals surface area contributed by atoms with E-state index in [1.807, 2.05) is 0 Å². The minimum absolute atomic E-state index is 0.00635. The van der Waals surface area contributed by atoms with Gasteiger partial charge in [0.05, 0.1) is 6.61 Å². The molecule has 2 heterocycles. The van der Waals surface area contributed by atoms with Crippen molar-refractivity contribution >= 4 is 11.9 Å². The molecule has 2 fully saturated rings. The number of amides is 1. The lowest BCUT2D eigenvalue weighted by Crippen LogP contribution is -2.57. The van der Waals surface area contributed by atoms with E-state index in [2.05, 4.69) is 11.8 Å². The summed E-state index contributed by atoms with van der Waals surface area (Å²) in [4.78, 5) is 26.7. The molecule has 0 aromatic rings. The number of nitrogens with zero attached hydrogens (tertiary/aromatic N) is 2. The fourth-order valence-electron chi connectivity index (χ4n) is 2.56. The first kappa shape index (κ1) is 12.3. The molecule has 0 aromatic carbocycles. The molecule has 96 valence electrons. The number of ether oxygens (including phenoxy) is 1. The molecule has 0 aromatic heterocycles. The maximum atomic E-state index is 11.8. The molecule has 0 spiro atoms. The zero-order valence-electron chi connectivity index (χ0n) is 9.96. The molecule has 2 aliphatic rings. The summed E-state index contributed by atoms with van der Waals surface area (Å²) in [5.41, 5.74) is 0. The van der Waals surface area contributed by atoms with Crippen LogP contribution in [-0.2, 0) is 14.3 Å². The van der Waals surface area contributed by atoms with Gasteiger partial charge in [-0.3, -0.25) is 4.79 Å². The topological polar surface area (TPSA) is 70.1 Å². The average Bonchev–Trinajstić information content (AvgIpc) is 2.76. The lowest BCUT2D eigenvalue weighted by Gasteiger charge is -2.37. The predicted molar refractivity (Wildman–Crippen MR) is 59.6 cm³/mol. The second-order valence-electron chi connectivity index (χ2n) is 4.51. The molecule has 6 heteroatoms. The predicted octanol–water partition coefficient (Wildman–Crippen LogP) is -0.607. The number of carbonyl (C=O) groups is 2. The average molecular weight is 242 g/mol. The number of carboxylic acids is 1. The molecule has 1 amide bonds. The lowest BCUT2D eigenvalue weighted by atomic mass is 10.1. The smallest absolute Gasteiger partial charge is 0.328 e. The Morgan fingerprint density at radius 2 is 2.35 bits per heavy atom. The molecule has 6 nitrogen and oxygen atoms in total. The van der Waals surface area contributed by atoms with Crippen LogP contribution in [0.2, 0.25) is 0 Å². The van der Waals surface area contributed by atoms with Gasteiger partial charge in [0.1, 0.15) is 6.61 Å². The summed E-state index contributed by atoms with van der Waals surface area (Å²) >= 11 is 0. The molecule has 2 aliphatic heterocycles. The Kier molecular flexibility index (Phi) is 3.63. The van der Waals surface area contributed by atoms with E-state index >= 15 is 0 Å². The largest absolute Gasteiger partial charge is 0.480 e. The maximum Gasteiger partial charge on any atom is 0.328 e. The summed E-state index contributed by atoms with van der Waals surface area (Å²) in [6.07, 6.45) is 0.851. The molecule has 0 saturated carbocycles. The first-order valence-corrected chi connectivity index (χ1v) is 5.97. The van der Waals surface area contributed by atoms with Crippen LogP contribution in [0.1, 0.15) is 13.3 Å². The van der Waals surface area contributed by atoms with Gasteiger partial charge in [0.15, 0.2) is 6.04 Å². The van der Waals surface area contributed by atoms with Crippen LogP contribution in [0.5, 0.6) is 0 Å². The van der Waals surface area contributed by atoms with Crippen LogP contribution in [0.25, 0.3) is 0 Å². The first-order valence-electron chi connectivity index (χ1n) is 5.97. The van der Waals surface area contributed by atoms with Crippen LogP contribution in [0.15, 0.2) is 0 Å². The lowest BCUT2D eigenvalue weighted by molar-refractivity contribution is -0.165. The fraction of sp³-hybridized carbons (Fsp3) is 0.818. The third kappa shape index (κ3) is 2.42. The van der Waals surface area contributed by atoms with Gasteiger partial charge < -0.3 is 19.6 Å². The van der Waals surface area contributed by atoms with Gasteiger partial charge in [0.2, 0.25) is 5.91 Å². The van der Waals surface area contributed by atoms with Crippen LogP contribution >= 0.6 is 0 Å². The second kappa shape index (κ2) is 5.01. The van der Waals surface area contributed by atoms with E-state index in [9.17, 15) is 9.59 Å². The van der Waals surface area contributed by atoms with Crippen LogP contribution in [-0.4, -0.2) is 71.7 Å². The Labute approximate surface area is 100 Å². The number of carbonyl (C=O) groups excluding carboxylic acids is 1. The molecule has 1 N–H and O–H groups in total. The molecule has 0 bridgehead atoms. The number of likely N-dealkylation sites (N-methyl/N-ethyl adjacent to an activating group) is 1. The summed E-state index contributed by atoms with van der Waals surface area (Å²) in [5.74, 6) is -1.18. The van der Waals surface area contributed by atoms with Crippen molar-refractivity contribution in [1.82, 2.24) is 9.80 Å². The molecule has 0 aliphatic carbocycles. The highest BCUT2D eigenvalue weighted by atomic mass is 16.5. The summed E-state index contributed by atoms with van der Waals surface area (Å²) in [7, 11) is 0. The van der Waals surface area contributed by atoms with Crippen molar-refractivity contribution in [2.75, 3.05) is 32.8 Å². The van der Waals surface area contributed by atoms with Gasteiger partial charge in [-0.05, 0) is 13.0 Å². The Bertz CT molecular complexity index is 321. The highest BCUT2D eigenvalue weighted by Gasteiger charge is 2.40. The molecule has 2 rings (SSSR count). The molecule has 2 atom stereocenters. The Balaban J connectivity index is 2.09. The Morgan fingerprint density at radius 3 is 2.94 bits per heavy atom. The Morgan fingerprint density at radius 1 is 1.59 bits per heavy atom. The summed E-state index contributed by atoms with van der Waals surface area (Å²) in [6.45, 7) is 4.81. The van der Waals surface area contributed by atoms with Crippen molar-refractivity contribution in [2.45, 2.75) is 25.4 Å². The normalized spacial score (nSPS) is 30.9. The number of hydrogen-bond donors (Lipinski definition) is 1. The molecule has 2 saturated heterocycles. The number of carboxylic acid groups (broad SMARTS) is 1. The monoisotopic (exact) mass is 242 g/mol. The minimum atomic E-state index is -0.979. The van der Waals surface area contributed by atoms with Crippen molar-refractivity contribution in [1.29, 1.82) is 0 Å². The maximum absolute atomic E-state index is 11.8. The number of morpholine rings is 1. The van der Waals surface area contributed by atoms with E-state index in [-0.39, 0.29) is 25.2 Å². The van der Waals surface area contributed by atoms with E-state index in [4.69, 9.17) is 9.84 Å². The molecule has 0 radical (unpaired) electrons. The van der Waals surface area contributed by atoms with Gasteiger partial charge in [-0.1, -0.05) is 6.92 Å². The number of hydrogen-bond acceptors (Lipinski definition) is 4. The van der Waals surface area contributed by atoms with Gasteiger partial charge in [0, 0.05) is 19.1 Å². The minimum Gasteiger partial charge on any atom is -0.480 e. The highest BCUT2D eigenvalue weighted by molar-refractivity contribution is 5.85.